The van der Waals surface area contributed by atoms with Crippen molar-refractivity contribution in [3.63, 3.8) is 0 Å². The third-order valence-electron chi connectivity index (χ3n) is 2.52. The van der Waals surface area contributed by atoms with Crippen LogP contribution in [-0.4, -0.2) is 26.6 Å². The number of anilines is 1. The molecule has 2 N–H and O–H groups in total. The van der Waals surface area contributed by atoms with Crippen LogP contribution in [0.2, 0.25) is 5.02 Å². The molecule has 0 fully saturated rings. The fourth-order valence-corrected chi connectivity index (χ4v) is 3.76. The molecule has 2 aromatic rings. The third kappa shape index (κ3) is 3.29. The number of halogens is 1. The van der Waals surface area contributed by atoms with E-state index in [-0.39, 0.29) is 21.2 Å². The van der Waals surface area contributed by atoms with E-state index in [0.29, 0.717) is 5.02 Å². The first-order valence-electron chi connectivity index (χ1n) is 5.52. The van der Waals surface area contributed by atoms with Crippen molar-refractivity contribution in [1.29, 1.82) is 0 Å². The predicted octanol–water partition coefficient (Wildman–Crippen LogP) is 2.91. The van der Waals surface area contributed by atoms with E-state index in [0.717, 1.165) is 11.3 Å². The molecule has 0 atom stereocenters. The summed E-state index contributed by atoms with van der Waals surface area (Å²) in [4.78, 5) is 10.8. The molecule has 0 amide bonds. The summed E-state index contributed by atoms with van der Waals surface area (Å²) in [5, 5.41) is 10.8. The molecule has 21 heavy (non-hydrogen) atoms. The second-order valence-electron chi connectivity index (χ2n) is 3.87. The molecule has 0 aliphatic rings. The number of carbonyl (C=O) groups is 1. The van der Waals surface area contributed by atoms with E-state index >= 15 is 0 Å². The lowest BCUT2D eigenvalue weighted by Crippen LogP contribution is -2.15. The zero-order chi connectivity index (χ0) is 15.6. The molecule has 0 bridgehead atoms. The Kier molecular flexibility index (Phi) is 4.40. The lowest BCUT2D eigenvalue weighted by molar-refractivity contribution is 0.0703. The summed E-state index contributed by atoms with van der Waals surface area (Å²) >= 11 is 6.71. The molecule has 0 saturated heterocycles. The molecule has 2 rings (SSSR count). The Hall–Kier alpha value is -1.77. The maximum atomic E-state index is 12.3. The van der Waals surface area contributed by atoms with Crippen LogP contribution in [0, 0.1) is 0 Å². The van der Waals surface area contributed by atoms with Crippen molar-refractivity contribution in [3.05, 3.63) is 39.5 Å². The van der Waals surface area contributed by atoms with E-state index in [4.69, 9.17) is 21.4 Å². The second-order valence-corrected chi connectivity index (χ2v) is 6.87. The van der Waals surface area contributed by atoms with Crippen LogP contribution < -0.4 is 9.46 Å². The van der Waals surface area contributed by atoms with Crippen molar-refractivity contribution in [3.8, 4) is 5.75 Å². The van der Waals surface area contributed by atoms with Gasteiger partial charge < -0.3 is 9.84 Å². The van der Waals surface area contributed by atoms with Gasteiger partial charge in [0, 0.05) is 11.1 Å². The van der Waals surface area contributed by atoms with Crippen LogP contribution in [-0.2, 0) is 10.0 Å². The topological polar surface area (TPSA) is 92.7 Å². The molecule has 112 valence electrons. The summed E-state index contributed by atoms with van der Waals surface area (Å²) < 4.78 is 31.9. The van der Waals surface area contributed by atoms with Crippen LogP contribution in [0.3, 0.4) is 0 Å². The monoisotopic (exact) mass is 347 g/mol. The maximum absolute atomic E-state index is 12.3. The highest BCUT2D eigenvalue weighted by molar-refractivity contribution is 7.92. The SMILES string of the molecule is COc1cc(Cl)ccc1S(=O)(=O)Nc1ccsc1C(=O)O. The van der Waals surface area contributed by atoms with E-state index in [2.05, 4.69) is 4.72 Å². The molecule has 0 aliphatic heterocycles. The van der Waals surface area contributed by atoms with Gasteiger partial charge in [0.05, 0.1) is 12.8 Å². The molecule has 6 nitrogen and oxygen atoms in total. The molecule has 9 heteroatoms. The Balaban J connectivity index is 2.43. The molecular formula is C12H10ClNO5S2. The Morgan fingerprint density at radius 2 is 2.10 bits per heavy atom. The average Bonchev–Trinajstić information content (AvgIpc) is 2.85. The minimum atomic E-state index is -3.99. The van der Waals surface area contributed by atoms with E-state index < -0.39 is 16.0 Å². The Morgan fingerprint density at radius 3 is 2.71 bits per heavy atom. The van der Waals surface area contributed by atoms with Crippen LogP contribution >= 0.6 is 22.9 Å². The standard InChI is InChI=1S/C12H10ClNO5S2/c1-19-9-6-7(13)2-3-10(9)21(17,18)14-8-4-5-20-11(8)12(15)16/h2-6,14H,1H3,(H,15,16). The molecule has 0 saturated carbocycles. The average molecular weight is 348 g/mol. The van der Waals surface area contributed by atoms with Crippen molar-refractivity contribution in [1.82, 2.24) is 0 Å². The summed E-state index contributed by atoms with van der Waals surface area (Å²) in [7, 11) is -2.67. The highest BCUT2D eigenvalue weighted by Gasteiger charge is 2.23. The lowest BCUT2D eigenvalue weighted by atomic mass is 10.3. The Bertz CT molecular complexity index is 785. The first-order chi connectivity index (χ1) is 9.85. The zero-order valence-corrected chi connectivity index (χ0v) is 13.1. The van der Waals surface area contributed by atoms with Gasteiger partial charge >= 0.3 is 5.97 Å². The van der Waals surface area contributed by atoms with Crippen LogP contribution in [0.5, 0.6) is 5.75 Å². The van der Waals surface area contributed by atoms with Gasteiger partial charge in [-0.1, -0.05) is 11.6 Å². The molecule has 0 aliphatic carbocycles. The highest BCUT2D eigenvalue weighted by atomic mass is 35.5. The van der Waals surface area contributed by atoms with Gasteiger partial charge in [-0.25, -0.2) is 13.2 Å². The fraction of sp³-hybridized carbons (Fsp3) is 0.0833. The van der Waals surface area contributed by atoms with Gasteiger partial charge in [-0.2, -0.15) is 0 Å². The van der Waals surface area contributed by atoms with E-state index in [1.54, 1.807) is 0 Å². The first-order valence-corrected chi connectivity index (χ1v) is 8.26. The van der Waals surface area contributed by atoms with Crippen molar-refractivity contribution in [2.45, 2.75) is 4.90 Å². The smallest absolute Gasteiger partial charge is 0.348 e. The summed E-state index contributed by atoms with van der Waals surface area (Å²) in [5.41, 5.74) is 0.00417. The number of carboxylic acid groups (broad SMARTS) is 1. The number of thiophene rings is 1. The number of hydrogen-bond donors (Lipinski definition) is 2. The van der Waals surface area contributed by atoms with E-state index in [9.17, 15) is 13.2 Å². The summed E-state index contributed by atoms with van der Waals surface area (Å²) in [5.74, 6) is -1.13. The number of methoxy groups -OCH3 is 1. The molecule has 0 unspecified atom stereocenters. The van der Waals surface area contributed by atoms with Crippen molar-refractivity contribution in [2.75, 3.05) is 11.8 Å². The molecule has 1 aromatic heterocycles. The number of rotatable bonds is 5. The highest BCUT2D eigenvalue weighted by Crippen LogP contribution is 2.30. The summed E-state index contributed by atoms with van der Waals surface area (Å²) in [6, 6.07) is 5.44. The number of nitrogens with one attached hydrogen (secondary N) is 1. The van der Waals surface area contributed by atoms with Gasteiger partial charge in [0.2, 0.25) is 0 Å². The third-order valence-corrected chi connectivity index (χ3v) is 5.06. The number of hydrogen-bond acceptors (Lipinski definition) is 5. The number of aromatic carboxylic acids is 1. The normalized spacial score (nSPS) is 11.1. The lowest BCUT2D eigenvalue weighted by Gasteiger charge is -2.11. The maximum Gasteiger partial charge on any atom is 0.348 e. The fourth-order valence-electron chi connectivity index (χ4n) is 1.62. The Morgan fingerprint density at radius 1 is 1.38 bits per heavy atom. The number of ether oxygens (including phenoxy) is 1. The van der Waals surface area contributed by atoms with Gasteiger partial charge in [-0.15, -0.1) is 11.3 Å². The summed E-state index contributed by atoms with van der Waals surface area (Å²) in [6.45, 7) is 0. The van der Waals surface area contributed by atoms with Crippen molar-refractivity contribution >= 4 is 44.6 Å². The van der Waals surface area contributed by atoms with Crippen LogP contribution in [0.15, 0.2) is 34.5 Å². The minimum absolute atomic E-state index is 0.00417. The van der Waals surface area contributed by atoms with Crippen molar-refractivity contribution < 1.29 is 23.1 Å². The van der Waals surface area contributed by atoms with Crippen molar-refractivity contribution in [2.24, 2.45) is 0 Å². The largest absolute Gasteiger partial charge is 0.495 e. The van der Waals surface area contributed by atoms with E-state index in [1.807, 2.05) is 0 Å². The van der Waals surface area contributed by atoms with Gasteiger partial charge in [0.25, 0.3) is 10.0 Å². The molecule has 1 aromatic carbocycles. The number of benzene rings is 1. The summed E-state index contributed by atoms with van der Waals surface area (Å²) in [6.07, 6.45) is 0. The van der Waals surface area contributed by atoms with E-state index in [1.165, 1.54) is 36.8 Å². The first kappa shape index (κ1) is 15.6. The predicted molar refractivity (Wildman–Crippen MR) is 80.1 cm³/mol. The molecule has 1 heterocycles. The molecule has 0 radical (unpaired) electrons. The molecule has 0 spiro atoms. The van der Waals surface area contributed by atoms with Gasteiger partial charge in [0.15, 0.2) is 0 Å². The van der Waals surface area contributed by atoms with Crippen LogP contribution in [0.25, 0.3) is 0 Å². The molecular weight excluding hydrogens is 338 g/mol. The zero-order valence-electron chi connectivity index (χ0n) is 10.7. The number of sulfonamides is 1. The quantitative estimate of drug-likeness (QED) is 0.867. The Labute approximate surface area is 130 Å². The number of carboxylic acids is 1. The minimum Gasteiger partial charge on any atom is -0.495 e. The van der Waals surface area contributed by atoms with Gasteiger partial charge in [-0.3, -0.25) is 4.72 Å². The van der Waals surface area contributed by atoms with Crippen LogP contribution in [0.1, 0.15) is 9.67 Å². The van der Waals surface area contributed by atoms with Gasteiger partial charge in [0.1, 0.15) is 15.5 Å². The van der Waals surface area contributed by atoms with Gasteiger partial charge in [-0.05, 0) is 23.6 Å². The van der Waals surface area contributed by atoms with Crippen LogP contribution in [0.4, 0.5) is 5.69 Å². The second kappa shape index (κ2) is 5.92.